The first kappa shape index (κ1) is 11.6. The monoisotopic (exact) mass is 249 g/mol. The van der Waals surface area contributed by atoms with E-state index in [1.165, 1.54) is 5.51 Å². The van der Waals surface area contributed by atoms with Crippen LogP contribution in [0.4, 0.5) is 0 Å². The van der Waals surface area contributed by atoms with Gasteiger partial charge in [-0.1, -0.05) is 0 Å². The van der Waals surface area contributed by atoms with E-state index in [-0.39, 0.29) is 4.88 Å². The summed E-state index contributed by atoms with van der Waals surface area (Å²) in [4.78, 5) is 15.3. The van der Waals surface area contributed by atoms with Gasteiger partial charge in [0.25, 0.3) is 0 Å². The number of carboxylic acids is 1. The van der Waals surface area contributed by atoms with Crippen molar-refractivity contribution in [1.29, 1.82) is 0 Å². The van der Waals surface area contributed by atoms with Gasteiger partial charge in [0.2, 0.25) is 0 Å². The fourth-order valence-corrected chi connectivity index (χ4v) is 2.13. The topological polar surface area (TPSA) is 59.4 Å². The molecule has 0 unspecified atom stereocenters. The standard InChI is InChI=1S/C12H11NO3S/c1-2-16-9-5-3-8(4-6-9)10-11(12(14)15)17-7-13-10/h3-7H,2H2,1H3,(H,14,15). The van der Waals surface area contributed by atoms with Gasteiger partial charge >= 0.3 is 5.97 Å². The Hall–Kier alpha value is -1.88. The molecule has 1 N–H and O–H groups in total. The Kier molecular flexibility index (Phi) is 3.39. The Morgan fingerprint density at radius 3 is 2.71 bits per heavy atom. The van der Waals surface area contributed by atoms with Gasteiger partial charge in [-0.25, -0.2) is 9.78 Å². The lowest BCUT2D eigenvalue weighted by Crippen LogP contribution is -1.96. The summed E-state index contributed by atoms with van der Waals surface area (Å²) < 4.78 is 5.32. The van der Waals surface area contributed by atoms with Gasteiger partial charge in [-0.3, -0.25) is 0 Å². The maximum Gasteiger partial charge on any atom is 0.348 e. The molecule has 1 aromatic carbocycles. The van der Waals surface area contributed by atoms with Crippen LogP contribution in [0.25, 0.3) is 11.3 Å². The Balaban J connectivity index is 2.33. The zero-order valence-corrected chi connectivity index (χ0v) is 10.0. The molecule has 0 atom stereocenters. The average molecular weight is 249 g/mol. The third-order valence-corrected chi connectivity index (χ3v) is 3.01. The van der Waals surface area contributed by atoms with Crippen LogP contribution in [-0.2, 0) is 0 Å². The van der Waals surface area contributed by atoms with E-state index in [9.17, 15) is 4.79 Å². The Bertz CT molecular complexity index is 519. The third kappa shape index (κ3) is 2.45. The maximum atomic E-state index is 11.0. The highest BCUT2D eigenvalue weighted by atomic mass is 32.1. The van der Waals surface area contributed by atoms with Crippen LogP contribution in [0.2, 0.25) is 0 Å². The smallest absolute Gasteiger partial charge is 0.348 e. The Morgan fingerprint density at radius 2 is 2.12 bits per heavy atom. The predicted octanol–water partition coefficient (Wildman–Crippen LogP) is 2.91. The molecular weight excluding hydrogens is 238 g/mol. The fraction of sp³-hybridized carbons (Fsp3) is 0.167. The third-order valence-electron chi connectivity index (χ3n) is 2.20. The number of ether oxygens (including phenoxy) is 1. The lowest BCUT2D eigenvalue weighted by molar-refractivity contribution is 0.0702. The van der Waals surface area contributed by atoms with Crippen molar-refractivity contribution in [2.45, 2.75) is 6.92 Å². The minimum Gasteiger partial charge on any atom is -0.494 e. The molecule has 0 saturated carbocycles. The number of rotatable bonds is 4. The van der Waals surface area contributed by atoms with Crippen molar-refractivity contribution in [3.8, 4) is 17.0 Å². The normalized spacial score (nSPS) is 10.2. The fourth-order valence-electron chi connectivity index (χ4n) is 1.48. The number of aromatic nitrogens is 1. The van der Waals surface area contributed by atoms with E-state index < -0.39 is 5.97 Å². The quantitative estimate of drug-likeness (QED) is 0.905. The van der Waals surface area contributed by atoms with Gasteiger partial charge in [0.05, 0.1) is 17.8 Å². The van der Waals surface area contributed by atoms with Crippen molar-refractivity contribution in [3.05, 3.63) is 34.7 Å². The molecule has 5 heteroatoms. The van der Waals surface area contributed by atoms with Crippen LogP contribution in [-0.4, -0.2) is 22.7 Å². The summed E-state index contributed by atoms with van der Waals surface area (Å²) in [6, 6.07) is 7.24. The summed E-state index contributed by atoms with van der Waals surface area (Å²) in [6.45, 7) is 2.52. The second-order valence-corrected chi connectivity index (χ2v) is 4.15. The van der Waals surface area contributed by atoms with Crippen molar-refractivity contribution < 1.29 is 14.6 Å². The number of aromatic carboxylic acids is 1. The Labute approximate surface area is 103 Å². The van der Waals surface area contributed by atoms with E-state index in [1.54, 1.807) is 0 Å². The highest BCUT2D eigenvalue weighted by molar-refractivity contribution is 7.12. The lowest BCUT2D eigenvalue weighted by Gasteiger charge is -2.03. The molecule has 0 aliphatic carbocycles. The molecule has 17 heavy (non-hydrogen) atoms. The van der Waals surface area contributed by atoms with E-state index in [0.717, 1.165) is 22.6 Å². The molecule has 0 aliphatic rings. The molecule has 2 aromatic rings. The zero-order chi connectivity index (χ0) is 12.3. The van der Waals surface area contributed by atoms with Gasteiger partial charge in [-0.15, -0.1) is 11.3 Å². The summed E-state index contributed by atoms with van der Waals surface area (Å²) in [6.07, 6.45) is 0. The van der Waals surface area contributed by atoms with Gasteiger partial charge in [-0.2, -0.15) is 0 Å². The summed E-state index contributed by atoms with van der Waals surface area (Å²) in [5.41, 5.74) is 2.83. The molecule has 4 nitrogen and oxygen atoms in total. The van der Waals surface area contributed by atoms with E-state index in [4.69, 9.17) is 9.84 Å². The van der Waals surface area contributed by atoms with Crippen LogP contribution in [0.3, 0.4) is 0 Å². The molecule has 0 spiro atoms. The van der Waals surface area contributed by atoms with Gasteiger partial charge in [-0.05, 0) is 31.2 Å². The van der Waals surface area contributed by atoms with Crippen molar-refractivity contribution in [3.63, 3.8) is 0 Å². The minimum atomic E-state index is -0.948. The summed E-state index contributed by atoms with van der Waals surface area (Å²) >= 11 is 1.13. The van der Waals surface area contributed by atoms with Gasteiger partial charge in [0.15, 0.2) is 0 Å². The second kappa shape index (κ2) is 4.97. The number of thiazole rings is 1. The van der Waals surface area contributed by atoms with Crippen molar-refractivity contribution >= 4 is 17.3 Å². The van der Waals surface area contributed by atoms with Crippen LogP contribution in [0, 0.1) is 0 Å². The number of nitrogens with zero attached hydrogens (tertiary/aromatic N) is 1. The van der Waals surface area contributed by atoms with Gasteiger partial charge in [0, 0.05) is 5.56 Å². The van der Waals surface area contributed by atoms with Crippen LogP contribution in [0.15, 0.2) is 29.8 Å². The largest absolute Gasteiger partial charge is 0.494 e. The first-order valence-corrected chi connectivity index (χ1v) is 6.00. The molecule has 1 aromatic heterocycles. The van der Waals surface area contributed by atoms with Gasteiger partial charge in [0.1, 0.15) is 10.6 Å². The molecule has 88 valence electrons. The zero-order valence-electron chi connectivity index (χ0n) is 9.21. The van der Waals surface area contributed by atoms with Crippen molar-refractivity contribution in [1.82, 2.24) is 4.98 Å². The number of hydrogen-bond acceptors (Lipinski definition) is 4. The van der Waals surface area contributed by atoms with E-state index >= 15 is 0 Å². The molecule has 0 bridgehead atoms. The minimum absolute atomic E-state index is 0.258. The lowest BCUT2D eigenvalue weighted by atomic mass is 10.1. The van der Waals surface area contributed by atoms with Crippen LogP contribution >= 0.6 is 11.3 Å². The van der Waals surface area contributed by atoms with Gasteiger partial charge < -0.3 is 9.84 Å². The summed E-state index contributed by atoms with van der Waals surface area (Å²) in [5, 5.41) is 9.00. The predicted molar refractivity (Wildman–Crippen MR) is 65.7 cm³/mol. The molecule has 2 rings (SSSR count). The molecule has 0 fully saturated rings. The molecule has 0 saturated heterocycles. The van der Waals surface area contributed by atoms with Crippen molar-refractivity contribution in [2.24, 2.45) is 0 Å². The first-order valence-electron chi connectivity index (χ1n) is 5.12. The van der Waals surface area contributed by atoms with Crippen LogP contribution in [0.5, 0.6) is 5.75 Å². The number of hydrogen-bond donors (Lipinski definition) is 1. The summed E-state index contributed by atoms with van der Waals surface area (Å²) in [5.74, 6) is -0.181. The highest BCUT2D eigenvalue weighted by Gasteiger charge is 2.14. The number of carboxylic acid groups (broad SMARTS) is 1. The van der Waals surface area contributed by atoms with Crippen LogP contribution < -0.4 is 4.74 Å². The Morgan fingerprint density at radius 1 is 1.41 bits per heavy atom. The molecular formula is C12H11NO3S. The van der Waals surface area contributed by atoms with E-state index in [2.05, 4.69) is 4.98 Å². The van der Waals surface area contributed by atoms with E-state index in [0.29, 0.717) is 12.3 Å². The molecule has 1 heterocycles. The van der Waals surface area contributed by atoms with Crippen LogP contribution in [0.1, 0.15) is 16.6 Å². The molecule has 0 radical (unpaired) electrons. The average Bonchev–Trinajstić information content (AvgIpc) is 2.79. The van der Waals surface area contributed by atoms with E-state index in [1.807, 2.05) is 31.2 Å². The SMILES string of the molecule is CCOc1ccc(-c2ncsc2C(=O)O)cc1. The second-order valence-electron chi connectivity index (χ2n) is 3.29. The highest BCUT2D eigenvalue weighted by Crippen LogP contribution is 2.27. The molecule has 0 amide bonds. The maximum absolute atomic E-state index is 11.0. The molecule has 0 aliphatic heterocycles. The number of carbonyl (C=O) groups is 1. The van der Waals surface area contributed by atoms with Crippen molar-refractivity contribution in [2.75, 3.05) is 6.61 Å². The number of benzene rings is 1. The summed E-state index contributed by atoms with van der Waals surface area (Å²) in [7, 11) is 0. The first-order chi connectivity index (χ1) is 8.22.